The van der Waals surface area contributed by atoms with Gasteiger partial charge in [-0.3, -0.25) is 0 Å². The molecule has 0 saturated carbocycles. The van der Waals surface area contributed by atoms with Gasteiger partial charge in [0.1, 0.15) is 5.69 Å². The van der Waals surface area contributed by atoms with Crippen LogP contribution in [0.4, 0.5) is 0 Å². The quantitative estimate of drug-likeness (QED) is 0.789. The molecule has 0 aliphatic rings. The van der Waals surface area contributed by atoms with Gasteiger partial charge < -0.3 is 19.5 Å². The van der Waals surface area contributed by atoms with E-state index in [9.17, 15) is 0 Å². The van der Waals surface area contributed by atoms with Crippen LogP contribution in [0.3, 0.4) is 0 Å². The number of rotatable bonds is 7. The van der Waals surface area contributed by atoms with E-state index in [1.807, 2.05) is 20.9 Å². The van der Waals surface area contributed by atoms with Crippen molar-refractivity contribution in [3.8, 4) is 11.8 Å². The summed E-state index contributed by atoms with van der Waals surface area (Å²) < 4.78 is 15.8. The fourth-order valence-electron chi connectivity index (χ4n) is 1.44. The summed E-state index contributed by atoms with van der Waals surface area (Å²) in [5, 5.41) is 3.14. The Morgan fingerprint density at radius 1 is 1.28 bits per heavy atom. The standard InChI is InChI=1S/C12H21N3O3/c1-8(2)18-7-9(13-3)11-12(17-5)15-10(16-4)6-14-11/h6,8-9,13H,7H2,1-5H3. The molecule has 0 aliphatic heterocycles. The van der Waals surface area contributed by atoms with Crippen LogP contribution in [0.15, 0.2) is 6.20 Å². The van der Waals surface area contributed by atoms with Gasteiger partial charge in [-0.15, -0.1) is 0 Å². The van der Waals surface area contributed by atoms with Crippen LogP contribution in [0.1, 0.15) is 25.6 Å². The minimum atomic E-state index is -0.0687. The predicted molar refractivity (Wildman–Crippen MR) is 68.0 cm³/mol. The highest BCUT2D eigenvalue weighted by Gasteiger charge is 2.19. The lowest BCUT2D eigenvalue weighted by Crippen LogP contribution is -2.25. The molecule has 1 unspecified atom stereocenters. The Balaban J connectivity index is 2.90. The molecule has 0 aliphatic carbocycles. The summed E-state index contributed by atoms with van der Waals surface area (Å²) in [4.78, 5) is 8.52. The maximum absolute atomic E-state index is 5.59. The highest BCUT2D eigenvalue weighted by atomic mass is 16.5. The third-order valence-corrected chi connectivity index (χ3v) is 2.42. The van der Waals surface area contributed by atoms with E-state index < -0.39 is 0 Å². The van der Waals surface area contributed by atoms with Gasteiger partial charge in [0.2, 0.25) is 11.8 Å². The molecule has 1 aromatic heterocycles. The zero-order valence-electron chi connectivity index (χ0n) is 11.6. The van der Waals surface area contributed by atoms with Crippen molar-refractivity contribution in [1.29, 1.82) is 0 Å². The molecular weight excluding hydrogens is 234 g/mol. The van der Waals surface area contributed by atoms with E-state index in [1.165, 1.54) is 0 Å². The highest BCUT2D eigenvalue weighted by molar-refractivity contribution is 5.25. The summed E-state index contributed by atoms with van der Waals surface area (Å²) >= 11 is 0. The summed E-state index contributed by atoms with van der Waals surface area (Å²) in [6, 6.07) is -0.0687. The Kier molecular flexibility index (Phi) is 5.80. The van der Waals surface area contributed by atoms with Gasteiger partial charge in [-0.2, -0.15) is 4.98 Å². The number of methoxy groups -OCH3 is 2. The fraction of sp³-hybridized carbons (Fsp3) is 0.667. The molecule has 1 heterocycles. The molecule has 0 saturated heterocycles. The molecule has 0 bridgehead atoms. The zero-order valence-corrected chi connectivity index (χ0v) is 11.6. The molecule has 0 amide bonds. The first-order valence-electron chi connectivity index (χ1n) is 5.86. The van der Waals surface area contributed by atoms with E-state index in [-0.39, 0.29) is 12.1 Å². The minimum absolute atomic E-state index is 0.0687. The van der Waals surface area contributed by atoms with E-state index in [1.54, 1.807) is 20.4 Å². The molecular formula is C12H21N3O3. The van der Waals surface area contributed by atoms with Crippen molar-refractivity contribution in [2.75, 3.05) is 27.9 Å². The monoisotopic (exact) mass is 255 g/mol. The van der Waals surface area contributed by atoms with E-state index in [2.05, 4.69) is 15.3 Å². The second-order valence-electron chi connectivity index (χ2n) is 4.03. The number of aromatic nitrogens is 2. The Bertz CT molecular complexity index is 372. The van der Waals surface area contributed by atoms with Crippen molar-refractivity contribution in [2.24, 2.45) is 0 Å². The first-order chi connectivity index (χ1) is 8.62. The second kappa shape index (κ2) is 7.13. The first-order valence-corrected chi connectivity index (χ1v) is 5.86. The Hall–Kier alpha value is -1.40. The number of nitrogens with zero attached hydrogens (tertiary/aromatic N) is 2. The third kappa shape index (κ3) is 3.82. The number of nitrogens with one attached hydrogen (secondary N) is 1. The second-order valence-corrected chi connectivity index (χ2v) is 4.03. The Morgan fingerprint density at radius 2 is 2.00 bits per heavy atom. The largest absolute Gasteiger partial charge is 0.480 e. The molecule has 0 radical (unpaired) electrons. The number of hydrogen-bond donors (Lipinski definition) is 1. The van der Waals surface area contributed by atoms with Crippen molar-refractivity contribution in [3.63, 3.8) is 0 Å². The number of likely N-dealkylation sites (N-methyl/N-ethyl adjacent to an activating group) is 1. The zero-order chi connectivity index (χ0) is 13.5. The van der Waals surface area contributed by atoms with Crippen LogP contribution in [0, 0.1) is 0 Å². The number of ether oxygens (including phenoxy) is 3. The van der Waals surface area contributed by atoms with Crippen molar-refractivity contribution >= 4 is 0 Å². The molecule has 6 nitrogen and oxygen atoms in total. The average Bonchev–Trinajstić information content (AvgIpc) is 2.39. The summed E-state index contributed by atoms with van der Waals surface area (Å²) in [5.74, 6) is 0.872. The normalized spacial score (nSPS) is 12.6. The number of hydrogen-bond acceptors (Lipinski definition) is 6. The Morgan fingerprint density at radius 3 is 2.50 bits per heavy atom. The van der Waals surface area contributed by atoms with Crippen LogP contribution < -0.4 is 14.8 Å². The summed E-state index contributed by atoms with van der Waals surface area (Å²) in [6.07, 6.45) is 1.73. The van der Waals surface area contributed by atoms with Gasteiger partial charge in [0, 0.05) is 0 Å². The van der Waals surface area contributed by atoms with E-state index >= 15 is 0 Å². The van der Waals surface area contributed by atoms with Crippen molar-refractivity contribution < 1.29 is 14.2 Å². The van der Waals surface area contributed by atoms with E-state index in [4.69, 9.17) is 14.2 Å². The molecule has 0 spiro atoms. The first kappa shape index (κ1) is 14.7. The lowest BCUT2D eigenvalue weighted by molar-refractivity contribution is 0.0611. The van der Waals surface area contributed by atoms with Gasteiger partial charge in [-0.25, -0.2) is 4.98 Å². The van der Waals surface area contributed by atoms with Crippen LogP contribution in [-0.4, -0.2) is 43.9 Å². The maximum atomic E-state index is 5.59. The van der Waals surface area contributed by atoms with Crippen LogP contribution in [0.2, 0.25) is 0 Å². The van der Waals surface area contributed by atoms with Crippen LogP contribution in [0.5, 0.6) is 11.8 Å². The lowest BCUT2D eigenvalue weighted by Gasteiger charge is -2.19. The van der Waals surface area contributed by atoms with Gasteiger partial charge in [-0.1, -0.05) is 0 Å². The van der Waals surface area contributed by atoms with Gasteiger partial charge >= 0.3 is 0 Å². The third-order valence-electron chi connectivity index (χ3n) is 2.42. The van der Waals surface area contributed by atoms with Crippen molar-refractivity contribution in [1.82, 2.24) is 15.3 Å². The van der Waals surface area contributed by atoms with Crippen LogP contribution in [-0.2, 0) is 4.74 Å². The molecule has 1 aromatic rings. The minimum Gasteiger partial charge on any atom is -0.480 e. The Labute approximate surface area is 108 Å². The van der Waals surface area contributed by atoms with Gasteiger partial charge in [0.15, 0.2) is 0 Å². The fourth-order valence-corrected chi connectivity index (χ4v) is 1.44. The van der Waals surface area contributed by atoms with Crippen LogP contribution in [0.25, 0.3) is 0 Å². The van der Waals surface area contributed by atoms with Gasteiger partial charge in [0.25, 0.3) is 0 Å². The van der Waals surface area contributed by atoms with Gasteiger partial charge in [0.05, 0.1) is 39.2 Å². The molecule has 6 heteroatoms. The predicted octanol–water partition coefficient (Wildman–Crippen LogP) is 1.18. The van der Waals surface area contributed by atoms with E-state index in [0.29, 0.717) is 24.1 Å². The molecule has 0 fully saturated rings. The maximum Gasteiger partial charge on any atom is 0.240 e. The smallest absolute Gasteiger partial charge is 0.240 e. The molecule has 0 aromatic carbocycles. The van der Waals surface area contributed by atoms with Crippen molar-refractivity contribution in [3.05, 3.63) is 11.9 Å². The SMILES string of the molecule is CNC(COC(C)C)c1ncc(OC)nc1OC. The molecule has 1 atom stereocenters. The lowest BCUT2D eigenvalue weighted by atomic mass is 10.2. The van der Waals surface area contributed by atoms with Crippen LogP contribution >= 0.6 is 0 Å². The van der Waals surface area contributed by atoms with E-state index in [0.717, 1.165) is 0 Å². The highest BCUT2D eigenvalue weighted by Crippen LogP contribution is 2.23. The van der Waals surface area contributed by atoms with Gasteiger partial charge in [-0.05, 0) is 20.9 Å². The summed E-state index contributed by atoms with van der Waals surface area (Å²) in [7, 11) is 4.95. The van der Waals surface area contributed by atoms with Crippen molar-refractivity contribution in [2.45, 2.75) is 26.0 Å². The molecule has 1 rings (SSSR count). The topological polar surface area (TPSA) is 65.5 Å². The molecule has 18 heavy (non-hydrogen) atoms. The molecule has 102 valence electrons. The summed E-state index contributed by atoms with van der Waals surface area (Å²) in [5.41, 5.74) is 0.710. The average molecular weight is 255 g/mol. The summed E-state index contributed by atoms with van der Waals surface area (Å²) in [6.45, 7) is 4.48. The molecule has 1 N–H and O–H groups in total.